The van der Waals surface area contributed by atoms with E-state index in [0.29, 0.717) is 10.5 Å². The fraction of sp³-hybridized carbons (Fsp3) is 0.231. The van der Waals surface area contributed by atoms with Crippen molar-refractivity contribution >= 4 is 23.7 Å². The Morgan fingerprint density at radius 3 is 2.40 bits per heavy atom. The second-order valence-corrected chi connectivity index (χ2v) is 4.49. The number of hydrogen-bond donors (Lipinski definition) is 2. The van der Waals surface area contributed by atoms with Crippen LogP contribution in [0.1, 0.15) is 28.8 Å². The number of carboxylic acid groups (broad SMARTS) is 1. The fourth-order valence-corrected chi connectivity index (χ4v) is 2.42. The van der Waals surface area contributed by atoms with Gasteiger partial charge >= 0.3 is 17.8 Å². The molecule has 3 amide bonds. The van der Waals surface area contributed by atoms with Gasteiger partial charge in [-0.2, -0.15) is 0 Å². The van der Waals surface area contributed by atoms with Gasteiger partial charge < -0.3 is 10.8 Å². The number of primary amides is 1. The predicted octanol–water partition coefficient (Wildman–Crippen LogP) is -0.289. The molecule has 1 aromatic carbocycles. The Morgan fingerprint density at radius 2 is 1.85 bits per heavy atom. The first-order valence-electron chi connectivity index (χ1n) is 5.85. The molecule has 0 bridgehead atoms. The molecule has 7 heteroatoms. The zero-order chi connectivity index (χ0) is 15.0. The van der Waals surface area contributed by atoms with Gasteiger partial charge in [0, 0.05) is 5.56 Å². The summed E-state index contributed by atoms with van der Waals surface area (Å²) in [4.78, 5) is 47.0. The average molecular weight is 276 g/mol. The smallest absolute Gasteiger partial charge is 0.318 e. The lowest BCUT2D eigenvalue weighted by Crippen LogP contribution is -2.54. The monoisotopic (exact) mass is 276 g/mol. The number of benzene rings is 1. The number of amides is 3. The van der Waals surface area contributed by atoms with E-state index in [-0.39, 0.29) is 5.56 Å². The third-order valence-electron chi connectivity index (χ3n) is 3.33. The first kappa shape index (κ1) is 13.7. The second kappa shape index (κ2) is 4.76. The Morgan fingerprint density at radius 1 is 1.25 bits per heavy atom. The largest absolute Gasteiger partial charge is 0.481 e. The van der Waals surface area contributed by atoms with Crippen LogP contribution in [-0.2, 0) is 14.4 Å². The summed E-state index contributed by atoms with van der Waals surface area (Å²) >= 11 is 0. The Labute approximate surface area is 114 Å². The van der Waals surface area contributed by atoms with Crippen LogP contribution in [0.3, 0.4) is 0 Å². The molecule has 1 heterocycles. The van der Waals surface area contributed by atoms with E-state index in [4.69, 9.17) is 5.73 Å². The van der Waals surface area contributed by atoms with Crippen molar-refractivity contribution in [3.05, 3.63) is 35.4 Å². The van der Waals surface area contributed by atoms with Gasteiger partial charge in [0.25, 0.3) is 5.91 Å². The van der Waals surface area contributed by atoms with E-state index in [2.05, 4.69) is 0 Å². The molecular formula is C13H12N2O5. The van der Waals surface area contributed by atoms with Crippen molar-refractivity contribution in [1.82, 2.24) is 4.90 Å². The van der Waals surface area contributed by atoms with Gasteiger partial charge in [-0.1, -0.05) is 18.2 Å². The van der Waals surface area contributed by atoms with Crippen LogP contribution >= 0.6 is 0 Å². The zero-order valence-electron chi connectivity index (χ0n) is 10.6. The molecule has 2 rings (SSSR count). The average Bonchev–Trinajstić information content (AvgIpc) is 2.38. The van der Waals surface area contributed by atoms with Crippen molar-refractivity contribution in [3.63, 3.8) is 0 Å². The normalized spacial score (nSPS) is 21.2. The van der Waals surface area contributed by atoms with Crippen LogP contribution in [-0.4, -0.2) is 39.7 Å². The summed E-state index contributed by atoms with van der Waals surface area (Å²) in [5.41, 5.74) is 5.32. The van der Waals surface area contributed by atoms with Crippen LogP contribution in [0.5, 0.6) is 0 Å². The Bertz CT molecular complexity index is 625. The quantitative estimate of drug-likeness (QED) is 0.683. The summed E-state index contributed by atoms with van der Waals surface area (Å²) in [7, 11) is 0. The molecule has 0 saturated carbocycles. The molecule has 104 valence electrons. The predicted molar refractivity (Wildman–Crippen MR) is 66.7 cm³/mol. The number of carbonyl (C=O) groups is 4. The van der Waals surface area contributed by atoms with E-state index in [1.54, 1.807) is 12.1 Å². The molecule has 2 unspecified atom stereocenters. The number of nitrogens with two attached hydrogens (primary N) is 1. The van der Waals surface area contributed by atoms with Crippen molar-refractivity contribution in [3.8, 4) is 0 Å². The van der Waals surface area contributed by atoms with Gasteiger partial charge in [0.05, 0.1) is 6.04 Å². The molecule has 0 aliphatic carbocycles. The second-order valence-electron chi connectivity index (χ2n) is 4.49. The van der Waals surface area contributed by atoms with Gasteiger partial charge in [0.2, 0.25) is 0 Å². The highest BCUT2D eigenvalue weighted by Crippen LogP contribution is 2.33. The maximum atomic E-state index is 12.2. The van der Waals surface area contributed by atoms with E-state index in [1.807, 2.05) is 0 Å². The minimum atomic E-state index is -1.30. The van der Waals surface area contributed by atoms with E-state index in [1.165, 1.54) is 19.1 Å². The SMILES string of the molecule is CC1C(C(=O)O)c2ccccc2C(=O)N1C(=O)C(N)=O. The van der Waals surface area contributed by atoms with Crippen molar-refractivity contribution in [2.45, 2.75) is 18.9 Å². The van der Waals surface area contributed by atoms with Gasteiger partial charge in [-0.3, -0.25) is 24.1 Å². The topological polar surface area (TPSA) is 118 Å². The molecule has 0 aromatic heterocycles. The molecule has 0 fully saturated rings. The Kier molecular flexibility index (Phi) is 3.27. The number of carbonyl (C=O) groups excluding carboxylic acids is 3. The number of fused-ring (bicyclic) bond motifs is 1. The van der Waals surface area contributed by atoms with E-state index >= 15 is 0 Å². The van der Waals surface area contributed by atoms with Crippen LogP contribution in [0.2, 0.25) is 0 Å². The first-order chi connectivity index (χ1) is 9.36. The van der Waals surface area contributed by atoms with Crippen LogP contribution in [0.25, 0.3) is 0 Å². The van der Waals surface area contributed by atoms with Crippen LogP contribution in [0.15, 0.2) is 24.3 Å². The highest BCUT2D eigenvalue weighted by Gasteiger charge is 2.44. The molecule has 0 spiro atoms. The molecule has 0 saturated heterocycles. The van der Waals surface area contributed by atoms with Gasteiger partial charge in [0.15, 0.2) is 0 Å². The third kappa shape index (κ3) is 1.93. The molecule has 1 aliphatic heterocycles. The van der Waals surface area contributed by atoms with Crippen molar-refractivity contribution in [1.29, 1.82) is 0 Å². The van der Waals surface area contributed by atoms with E-state index in [9.17, 15) is 24.3 Å². The molecule has 7 nitrogen and oxygen atoms in total. The van der Waals surface area contributed by atoms with Gasteiger partial charge in [0.1, 0.15) is 5.92 Å². The Balaban J connectivity index is 2.61. The number of imide groups is 1. The summed E-state index contributed by atoms with van der Waals surface area (Å²) in [5.74, 6) is -5.49. The van der Waals surface area contributed by atoms with Crippen molar-refractivity contribution < 1.29 is 24.3 Å². The maximum absolute atomic E-state index is 12.2. The zero-order valence-corrected chi connectivity index (χ0v) is 10.6. The number of nitrogens with zero attached hydrogens (tertiary/aromatic N) is 1. The Hall–Kier alpha value is -2.70. The number of carboxylic acids is 1. The molecule has 1 aromatic rings. The molecular weight excluding hydrogens is 264 g/mol. The van der Waals surface area contributed by atoms with Gasteiger partial charge in [-0.05, 0) is 18.6 Å². The summed E-state index contributed by atoms with van der Waals surface area (Å²) < 4.78 is 0. The fourth-order valence-electron chi connectivity index (χ4n) is 2.42. The summed E-state index contributed by atoms with van der Waals surface area (Å²) in [6, 6.07) is 5.11. The molecule has 20 heavy (non-hydrogen) atoms. The van der Waals surface area contributed by atoms with Crippen LogP contribution in [0, 0.1) is 0 Å². The van der Waals surface area contributed by atoms with Crippen molar-refractivity contribution in [2.24, 2.45) is 5.73 Å². The molecule has 1 aliphatic rings. The summed E-state index contributed by atoms with van der Waals surface area (Å²) in [6.45, 7) is 1.40. The highest BCUT2D eigenvalue weighted by atomic mass is 16.4. The third-order valence-corrected chi connectivity index (χ3v) is 3.33. The van der Waals surface area contributed by atoms with Gasteiger partial charge in [-0.15, -0.1) is 0 Å². The lowest BCUT2D eigenvalue weighted by molar-refractivity contribution is -0.146. The van der Waals surface area contributed by atoms with Gasteiger partial charge in [-0.25, -0.2) is 0 Å². The minimum absolute atomic E-state index is 0.0904. The van der Waals surface area contributed by atoms with Crippen molar-refractivity contribution in [2.75, 3.05) is 0 Å². The lowest BCUT2D eigenvalue weighted by Gasteiger charge is -2.36. The highest BCUT2D eigenvalue weighted by molar-refractivity contribution is 6.38. The maximum Gasteiger partial charge on any atom is 0.318 e. The van der Waals surface area contributed by atoms with E-state index < -0.39 is 35.7 Å². The standard InChI is InChI=1S/C13H12N2O5/c1-6-9(13(19)20)7-4-2-3-5-8(7)11(17)15(6)12(18)10(14)16/h2-6,9H,1H3,(H2,14,16)(H,19,20). The lowest BCUT2D eigenvalue weighted by atomic mass is 9.83. The molecule has 0 radical (unpaired) electrons. The summed E-state index contributed by atoms with van der Waals surface area (Å²) in [5, 5.41) is 9.31. The number of hydrogen-bond acceptors (Lipinski definition) is 4. The van der Waals surface area contributed by atoms with Crippen LogP contribution < -0.4 is 5.73 Å². The number of rotatable bonds is 1. The molecule has 2 atom stereocenters. The molecule has 3 N–H and O–H groups in total. The summed E-state index contributed by atoms with van der Waals surface area (Å²) in [6.07, 6.45) is 0. The number of aliphatic carboxylic acids is 1. The first-order valence-corrected chi connectivity index (χ1v) is 5.85. The van der Waals surface area contributed by atoms with Crippen LogP contribution in [0.4, 0.5) is 0 Å². The van der Waals surface area contributed by atoms with E-state index in [0.717, 1.165) is 0 Å². The minimum Gasteiger partial charge on any atom is -0.481 e.